The van der Waals surface area contributed by atoms with Gasteiger partial charge in [-0.05, 0) is 18.9 Å². The van der Waals surface area contributed by atoms with Gasteiger partial charge in [-0.15, -0.1) is 0 Å². The normalized spacial score (nSPS) is 11.7. The lowest BCUT2D eigenvalue weighted by atomic mass is 10.1. The van der Waals surface area contributed by atoms with E-state index in [-0.39, 0.29) is 0 Å². The summed E-state index contributed by atoms with van der Waals surface area (Å²) in [5, 5.41) is 17.4. The fourth-order valence-electron chi connectivity index (χ4n) is 2.13. The molecule has 19 heavy (non-hydrogen) atoms. The largest absolute Gasteiger partial charge is 0.502 e. The van der Waals surface area contributed by atoms with Crippen LogP contribution < -0.4 is 0 Å². The van der Waals surface area contributed by atoms with Crippen molar-refractivity contribution >= 4 is 5.97 Å². The molecule has 0 aliphatic carbocycles. The van der Waals surface area contributed by atoms with Crippen molar-refractivity contribution in [2.75, 3.05) is 0 Å². The molecule has 0 aliphatic heterocycles. The molecule has 3 heteroatoms. The number of aliphatic hydroxyl groups excluding tert-OH is 1. The molecule has 0 fully saturated rings. The molecule has 0 spiro atoms. The van der Waals surface area contributed by atoms with Crippen molar-refractivity contribution in [1.29, 1.82) is 0 Å². The zero-order chi connectivity index (χ0) is 14.3. The molecule has 0 aliphatic rings. The van der Waals surface area contributed by atoms with Crippen LogP contribution in [-0.2, 0) is 4.79 Å². The summed E-state index contributed by atoms with van der Waals surface area (Å²) in [5.74, 6) is -1.75. The fourth-order valence-corrected chi connectivity index (χ4v) is 2.13. The van der Waals surface area contributed by atoms with Crippen LogP contribution in [-0.4, -0.2) is 16.2 Å². The van der Waals surface area contributed by atoms with Crippen molar-refractivity contribution in [2.24, 2.45) is 0 Å². The summed E-state index contributed by atoms with van der Waals surface area (Å²) in [4.78, 5) is 10.3. The van der Waals surface area contributed by atoms with Crippen LogP contribution in [0.1, 0.15) is 84.0 Å². The van der Waals surface area contributed by atoms with Crippen LogP contribution in [0.5, 0.6) is 0 Å². The lowest BCUT2D eigenvalue weighted by molar-refractivity contribution is -0.135. The number of allylic oxidation sites excluding steroid dienone is 1. The van der Waals surface area contributed by atoms with E-state index >= 15 is 0 Å². The van der Waals surface area contributed by atoms with Crippen LogP contribution in [0.3, 0.4) is 0 Å². The highest BCUT2D eigenvalue weighted by molar-refractivity contribution is 5.83. The monoisotopic (exact) mass is 270 g/mol. The minimum Gasteiger partial charge on any atom is -0.502 e. The van der Waals surface area contributed by atoms with Gasteiger partial charge in [-0.3, -0.25) is 0 Å². The van der Waals surface area contributed by atoms with Gasteiger partial charge >= 0.3 is 5.97 Å². The van der Waals surface area contributed by atoms with Crippen LogP contribution in [0.2, 0.25) is 0 Å². The Kier molecular flexibility index (Phi) is 12.7. The predicted octanol–water partition coefficient (Wildman–Crippen LogP) is 5.21. The molecule has 0 unspecified atom stereocenters. The third kappa shape index (κ3) is 13.2. The zero-order valence-corrected chi connectivity index (χ0v) is 12.4. The maximum absolute atomic E-state index is 10.3. The molecule has 2 N–H and O–H groups in total. The number of carboxylic acids is 1. The molecular formula is C16H30O3. The Balaban J connectivity index is 3.15. The molecule has 3 nitrogen and oxygen atoms in total. The lowest BCUT2D eigenvalue weighted by Gasteiger charge is -2.01. The summed E-state index contributed by atoms with van der Waals surface area (Å²) in [6.45, 7) is 2.24. The second-order valence-corrected chi connectivity index (χ2v) is 5.22. The van der Waals surface area contributed by atoms with Gasteiger partial charge in [0.15, 0.2) is 5.76 Å². The molecule has 0 aromatic heterocycles. The Morgan fingerprint density at radius 2 is 1.21 bits per heavy atom. The van der Waals surface area contributed by atoms with Crippen molar-refractivity contribution < 1.29 is 15.0 Å². The lowest BCUT2D eigenvalue weighted by Crippen LogP contribution is -1.98. The van der Waals surface area contributed by atoms with Crippen molar-refractivity contribution in [3.63, 3.8) is 0 Å². The highest BCUT2D eigenvalue weighted by Gasteiger charge is 2.01. The van der Waals surface area contributed by atoms with Crippen LogP contribution in [0.4, 0.5) is 0 Å². The Labute approximate surface area is 117 Å². The van der Waals surface area contributed by atoms with E-state index in [0.717, 1.165) is 12.8 Å². The van der Waals surface area contributed by atoms with Gasteiger partial charge in [0.1, 0.15) is 0 Å². The third-order valence-corrected chi connectivity index (χ3v) is 3.36. The van der Waals surface area contributed by atoms with Crippen LogP contribution in [0, 0.1) is 0 Å². The van der Waals surface area contributed by atoms with Gasteiger partial charge < -0.3 is 10.2 Å². The van der Waals surface area contributed by atoms with Gasteiger partial charge in [0, 0.05) is 0 Å². The standard InChI is InChI=1S/C16H30O3/c1-2-3-4-5-6-7-8-9-10-11-12-13-14-15(17)16(18)19/h14,17H,2-13H2,1H3,(H,18,19)/b15-14-. The molecule has 0 aromatic rings. The van der Waals surface area contributed by atoms with Gasteiger partial charge in [-0.2, -0.15) is 0 Å². The summed E-state index contributed by atoms with van der Waals surface area (Å²) in [6, 6.07) is 0. The summed E-state index contributed by atoms with van der Waals surface area (Å²) in [6.07, 6.45) is 16.1. The zero-order valence-electron chi connectivity index (χ0n) is 12.4. The van der Waals surface area contributed by atoms with E-state index < -0.39 is 11.7 Å². The van der Waals surface area contributed by atoms with Crippen molar-refractivity contribution in [3.05, 3.63) is 11.8 Å². The summed E-state index contributed by atoms with van der Waals surface area (Å²) in [5.41, 5.74) is 0. The molecule has 0 radical (unpaired) electrons. The highest BCUT2D eigenvalue weighted by Crippen LogP contribution is 2.12. The number of carbonyl (C=O) groups is 1. The van der Waals surface area contributed by atoms with Gasteiger partial charge in [0.25, 0.3) is 0 Å². The first-order valence-electron chi connectivity index (χ1n) is 7.81. The average Bonchev–Trinajstić information content (AvgIpc) is 2.39. The van der Waals surface area contributed by atoms with E-state index in [1.54, 1.807) is 0 Å². The molecule has 0 atom stereocenters. The quantitative estimate of drug-likeness (QED) is 0.274. The number of hydrogen-bond acceptors (Lipinski definition) is 2. The van der Waals surface area contributed by atoms with E-state index in [1.807, 2.05) is 0 Å². The molecule has 0 amide bonds. The number of rotatable bonds is 13. The van der Waals surface area contributed by atoms with Gasteiger partial charge in [0.05, 0.1) is 0 Å². The highest BCUT2D eigenvalue weighted by atomic mass is 16.4. The Hall–Kier alpha value is -0.990. The second kappa shape index (κ2) is 13.4. The minimum absolute atomic E-state index is 0.521. The SMILES string of the molecule is CCCCCCCCCCCCC/C=C(\O)C(=O)O. The second-order valence-electron chi connectivity index (χ2n) is 5.22. The van der Waals surface area contributed by atoms with Crippen molar-refractivity contribution in [2.45, 2.75) is 84.0 Å². The van der Waals surface area contributed by atoms with E-state index in [4.69, 9.17) is 10.2 Å². The molecule has 0 saturated heterocycles. The van der Waals surface area contributed by atoms with Crippen LogP contribution in [0.15, 0.2) is 11.8 Å². The van der Waals surface area contributed by atoms with Crippen LogP contribution in [0.25, 0.3) is 0 Å². The van der Waals surface area contributed by atoms with E-state index in [0.29, 0.717) is 6.42 Å². The molecule has 0 rings (SSSR count). The van der Waals surface area contributed by atoms with Crippen molar-refractivity contribution in [3.8, 4) is 0 Å². The molecule has 0 aromatic carbocycles. The van der Waals surface area contributed by atoms with Crippen molar-refractivity contribution in [1.82, 2.24) is 0 Å². The number of aliphatic carboxylic acids is 1. The number of unbranched alkanes of at least 4 members (excludes halogenated alkanes) is 11. The summed E-state index contributed by atoms with van der Waals surface area (Å²) in [7, 11) is 0. The molecule has 112 valence electrons. The summed E-state index contributed by atoms with van der Waals surface area (Å²) < 4.78 is 0. The topological polar surface area (TPSA) is 57.5 Å². The smallest absolute Gasteiger partial charge is 0.370 e. The van der Waals surface area contributed by atoms with E-state index in [1.165, 1.54) is 63.9 Å². The van der Waals surface area contributed by atoms with Crippen LogP contribution >= 0.6 is 0 Å². The Bertz CT molecular complexity index is 246. The Morgan fingerprint density at radius 1 is 0.789 bits per heavy atom. The maximum atomic E-state index is 10.3. The summed E-state index contributed by atoms with van der Waals surface area (Å²) >= 11 is 0. The first kappa shape index (κ1) is 18.0. The van der Waals surface area contributed by atoms with Gasteiger partial charge in [-0.25, -0.2) is 4.79 Å². The molecular weight excluding hydrogens is 240 g/mol. The number of hydrogen-bond donors (Lipinski definition) is 2. The minimum atomic E-state index is -1.23. The molecule has 0 saturated carbocycles. The first-order valence-corrected chi connectivity index (χ1v) is 7.81. The van der Waals surface area contributed by atoms with E-state index in [9.17, 15) is 4.79 Å². The third-order valence-electron chi connectivity index (χ3n) is 3.36. The predicted molar refractivity (Wildman–Crippen MR) is 79.4 cm³/mol. The first-order chi connectivity index (χ1) is 9.18. The Morgan fingerprint density at radius 3 is 1.63 bits per heavy atom. The van der Waals surface area contributed by atoms with Gasteiger partial charge in [0.2, 0.25) is 0 Å². The number of aliphatic hydroxyl groups is 1. The molecule has 0 bridgehead atoms. The van der Waals surface area contributed by atoms with E-state index in [2.05, 4.69) is 6.92 Å². The number of carboxylic acid groups (broad SMARTS) is 1. The molecule has 0 heterocycles. The van der Waals surface area contributed by atoms with Gasteiger partial charge in [-0.1, -0.05) is 71.1 Å². The fraction of sp³-hybridized carbons (Fsp3) is 0.812. The average molecular weight is 270 g/mol. The maximum Gasteiger partial charge on any atom is 0.370 e.